The van der Waals surface area contributed by atoms with Gasteiger partial charge in [-0.1, -0.05) is 65.5 Å². The topological polar surface area (TPSA) is 99.4 Å². The number of hydrogen-bond acceptors (Lipinski definition) is 6. The zero-order valence-corrected chi connectivity index (χ0v) is 25.1. The maximum Gasteiger partial charge on any atom is 0.186 e. The lowest BCUT2D eigenvalue weighted by Gasteiger charge is -2.58. The lowest BCUT2D eigenvalue weighted by molar-refractivity contribution is -0.313. The van der Waals surface area contributed by atoms with Gasteiger partial charge in [0.2, 0.25) is 0 Å². The molecule has 3 saturated carbocycles. The zero-order chi connectivity index (χ0) is 28.1. The molecule has 224 valence electrons. The fourth-order valence-electron chi connectivity index (χ4n) is 10.1. The largest absolute Gasteiger partial charge is 0.394 e. The summed E-state index contributed by atoms with van der Waals surface area (Å²) in [7, 11) is 0. The van der Waals surface area contributed by atoms with E-state index < -0.39 is 37.3 Å². The summed E-state index contributed by atoms with van der Waals surface area (Å²) in [6, 6.07) is 0. The molecule has 0 aromatic heterocycles. The Kier molecular flexibility index (Phi) is 8.95. The molecule has 0 bridgehead atoms. The van der Waals surface area contributed by atoms with Crippen LogP contribution in [0.25, 0.3) is 0 Å². The Labute approximate surface area is 236 Å². The van der Waals surface area contributed by atoms with E-state index in [0.717, 1.165) is 54.8 Å². The van der Waals surface area contributed by atoms with Gasteiger partial charge in [-0.3, -0.25) is 0 Å². The van der Waals surface area contributed by atoms with Crippen LogP contribution in [0, 0.1) is 46.3 Å². The highest BCUT2D eigenvalue weighted by Gasteiger charge is 2.59. The highest BCUT2D eigenvalue weighted by Crippen LogP contribution is 2.67. The van der Waals surface area contributed by atoms with Crippen LogP contribution in [0.1, 0.15) is 105 Å². The van der Waals surface area contributed by atoms with Crippen molar-refractivity contribution < 1.29 is 29.9 Å². The standard InChI is InChI=1S/C33H56O6/c1-19(2)7-6-8-20(3)24-11-12-25-23-10-9-21-17-22(13-15-32(21,4)26(23)14-16-33(24,25)5)38-31-30(37)29(36)28(35)27(18-34)39-31/h9,19-20,22-31,34-37H,6-8,10-18H2,1-5H3/t20-,22+,23+,24-,25+,26+,27-,28-,29+,30-,31+,32+,33-/m1/s1. The molecule has 5 aliphatic rings. The van der Waals surface area contributed by atoms with Crippen LogP contribution >= 0.6 is 0 Å². The summed E-state index contributed by atoms with van der Waals surface area (Å²) >= 11 is 0. The molecule has 0 aromatic rings. The predicted octanol–water partition coefficient (Wildman–Crippen LogP) is 5.21. The van der Waals surface area contributed by atoms with Crippen molar-refractivity contribution in [1.82, 2.24) is 0 Å². The van der Waals surface area contributed by atoms with Crippen molar-refractivity contribution in [3.63, 3.8) is 0 Å². The van der Waals surface area contributed by atoms with Gasteiger partial charge in [-0.2, -0.15) is 0 Å². The lowest BCUT2D eigenvalue weighted by Crippen LogP contribution is -2.60. The number of allylic oxidation sites excluding steroid dienone is 1. The minimum Gasteiger partial charge on any atom is -0.394 e. The molecule has 1 saturated heterocycles. The van der Waals surface area contributed by atoms with Crippen molar-refractivity contribution in [3.8, 4) is 0 Å². The number of ether oxygens (including phenoxy) is 2. The molecule has 0 amide bonds. The summed E-state index contributed by atoms with van der Waals surface area (Å²) < 4.78 is 11.9. The molecule has 5 rings (SSSR count). The van der Waals surface area contributed by atoms with Crippen molar-refractivity contribution in [2.45, 2.75) is 142 Å². The Morgan fingerprint density at radius 1 is 0.949 bits per heavy atom. The van der Waals surface area contributed by atoms with Gasteiger partial charge in [0.25, 0.3) is 0 Å². The first-order valence-electron chi connectivity index (χ1n) is 16.1. The molecule has 4 fully saturated rings. The van der Waals surface area contributed by atoms with Crippen LogP contribution in [-0.4, -0.2) is 63.8 Å². The van der Waals surface area contributed by atoms with E-state index in [1.54, 1.807) is 0 Å². The summed E-state index contributed by atoms with van der Waals surface area (Å²) in [5.74, 6) is 4.87. The van der Waals surface area contributed by atoms with Crippen LogP contribution in [0.4, 0.5) is 0 Å². The number of fused-ring (bicyclic) bond motifs is 5. The van der Waals surface area contributed by atoms with Crippen molar-refractivity contribution in [2.75, 3.05) is 6.61 Å². The first-order valence-corrected chi connectivity index (χ1v) is 16.1. The first-order chi connectivity index (χ1) is 18.5. The maximum absolute atomic E-state index is 10.5. The summed E-state index contributed by atoms with van der Waals surface area (Å²) in [5, 5.41) is 40.3. The normalized spacial score (nSPS) is 48.7. The van der Waals surface area contributed by atoms with E-state index in [2.05, 4.69) is 40.7 Å². The maximum atomic E-state index is 10.5. The molecule has 0 radical (unpaired) electrons. The lowest BCUT2D eigenvalue weighted by atomic mass is 9.47. The van der Waals surface area contributed by atoms with Gasteiger partial charge >= 0.3 is 0 Å². The highest BCUT2D eigenvalue weighted by molar-refractivity contribution is 5.25. The third-order valence-corrected chi connectivity index (χ3v) is 12.4. The van der Waals surface area contributed by atoms with Crippen molar-refractivity contribution >= 4 is 0 Å². The fourth-order valence-corrected chi connectivity index (χ4v) is 10.1. The first kappa shape index (κ1) is 30.0. The molecule has 13 atom stereocenters. The van der Waals surface area contributed by atoms with Crippen LogP contribution in [0.2, 0.25) is 0 Å². The molecular formula is C33H56O6. The zero-order valence-electron chi connectivity index (χ0n) is 25.1. The monoisotopic (exact) mass is 548 g/mol. The molecule has 6 heteroatoms. The van der Waals surface area contributed by atoms with Crippen LogP contribution in [-0.2, 0) is 9.47 Å². The van der Waals surface area contributed by atoms with E-state index in [9.17, 15) is 20.4 Å². The second kappa shape index (κ2) is 11.6. The van der Waals surface area contributed by atoms with Gasteiger partial charge in [0.15, 0.2) is 6.29 Å². The van der Waals surface area contributed by atoms with Crippen LogP contribution in [0.5, 0.6) is 0 Å². The number of rotatable bonds is 8. The molecule has 0 unspecified atom stereocenters. The number of aliphatic hydroxyl groups excluding tert-OH is 4. The quantitative estimate of drug-likeness (QED) is 0.311. The molecular weight excluding hydrogens is 492 g/mol. The minimum absolute atomic E-state index is 0.0984. The molecule has 0 aromatic carbocycles. The van der Waals surface area contributed by atoms with Crippen molar-refractivity contribution in [2.24, 2.45) is 46.3 Å². The summed E-state index contributed by atoms with van der Waals surface area (Å²) in [4.78, 5) is 0. The van der Waals surface area contributed by atoms with Crippen molar-refractivity contribution in [3.05, 3.63) is 11.6 Å². The second-order valence-corrected chi connectivity index (χ2v) is 15.0. The van der Waals surface area contributed by atoms with Gasteiger partial charge in [-0.05, 0) is 97.7 Å². The van der Waals surface area contributed by atoms with Crippen LogP contribution in [0.3, 0.4) is 0 Å². The second-order valence-electron chi connectivity index (χ2n) is 15.0. The average molecular weight is 549 g/mol. The summed E-state index contributed by atoms with van der Waals surface area (Å²) in [6.45, 7) is 12.0. The van der Waals surface area contributed by atoms with Gasteiger partial charge in [-0.15, -0.1) is 0 Å². The molecule has 39 heavy (non-hydrogen) atoms. The van der Waals surface area contributed by atoms with E-state index >= 15 is 0 Å². The third kappa shape index (κ3) is 5.41. The molecule has 6 nitrogen and oxygen atoms in total. The molecule has 1 heterocycles. The van der Waals surface area contributed by atoms with Gasteiger partial charge in [0.05, 0.1) is 12.7 Å². The van der Waals surface area contributed by atoms with E-state index in [1.165, 1.54) is 56.9 Å². The molecule has 1 aliphatic heterocycles. The number of hydrogen-bond donors (Lipinski definition) is 4. The Hall–Kier alpha value is -0.500. The summed E-state index contributed by atoms with van der Waals surface area (Å²) in [6.07, 6.45) is 9.98. The van der Waals surface area contributed by atoms with E-state index in [1.807, 2.05) is 0 Å². The van der Waals surface area contributed by atoms with Crippen molar-refractivity contribution in [1.29, 1.82) is 0 Å². The Balaban J connectivity index is 1.24. The van der Waals surface area contributed by atoms with E-state index in [-0.39, 0.29) is 11.5 Å². The number of aliphatic hydroxyl groups is 4. The third-order valence-electron chi connectivity index (χ3n) is 12.4. The Bertz CT molecular complexity index is 872. The SMILES string of the molecule is CC(C)CCC[C@@H](C)[C@H]1CC[C@H]2[C@@H]3CC=C4C[C@@H](O[C@H]5O[C@H](CO)[C@@H](O)[C@H](O)[C@H]5O)CC[C@]4(C)[C@H]3CC[C@]12C. The Morgan fingerprint density at radius 2 is 1.72 bits per heavy atom. The van der Waals surface area contributed by atoms with E-state index in [4.69, 9.17) is 9.47 Å². The predicted molar refractivity (Wildman–Crippen MR) is 152 cm³/mol. The van der Waals surface area contributed by atoms with Crippen LogP contribution < -0.4 is 0 Å². The highest BCUT2D eigenvalue weighted by atomic mass is 16.7. The van der Waals surface area contributed by atoms with Gasteiger partial charge < -0.3 is 29.9 Å². The summed E-state index contributed by atoms with van der Waals surface area (Å²) in [5.41, 5.74) is 2.20. The molecule has 4 aliphatic carbocycles. The smallest absolute Gasteiger partial charge is 0.186 e. The van der Waals surface area contributed by atoms with Crippen LogP contribution in [0.15, 0.2) is 11.6 Å². The minimum atomic E-state index is -1.39. The molecule has 0 spiro atoms. The molecule has 4 N–H and O–H groups in total. The average Bonchev–Trinajstić information content (AvgIpc) is 3.26. The van der Waals surface area contributed by atoms with Gasteiger partial charge in [0.1, 0.15) is 24.4 Å². The van der Waals surface area contributed by atoms with Gasteiger partial charge in [0, 0.05) is 0 Å². The van der Waals surface area contributed by atoms with Gasteiger partial charge in [-0.25, -0.2) is 0 Å². The fraction of sp³-hybridized carbons (Fsp3) is 0.939. The Morgan fingerprint density at radius 3 is 2.44 bits per heavy atom. The van der Waals surface area contributed by atoms with E-state index in [0.29, 0.717) is 5.41 Å².